The first-order chi connectivity index (χ1) is 12.1. The van der Waals surface area contributed by atoms with E-state index in [2.05, 4.69) is 24.4 Å². The molecule has 0 radical (unpaired) electrons. The molecule has 1 unspecified atom stereocenters. The van der Waals surface area contributed by atoms with E-state index in [-0.39, 0.29) is 11.9 Å². The summed E-state index contributed by atoms with van der Waals surface area (Å²) in [5.74, 6) is 0.969. The van der Waals surface area contributed by atoms with Gasteiger partial charge in [-0.2, -0.15) is 0 Å². The van der Waals surface area contributed by atoms with E-state index in [1.54, 1.807) is 0 Å². The fraction of sp³-hybridized carbons (Fsp3) is 0.381. The van der Waals surface area contributed by atoms with Gasteiger partial charge in [0.15, 0.2) is 0 Å². The summed E-state index contributed by atoms with van der Waals surface area (Å²) in [4.78, 5) is 11.9. The van der Waals surface area contributed by atoms with Crippen LogP contribution in [0.5, 0.6) is 5.75 Å². The predicted molar refractivity (Wildman–Crippen MR) is 102 cm³/mol. The molecule has 1 atom stereocenters. The molecule has 4 heteroatoms. The van der Waals surface area contributed by atoms with E-state index in [9.17, 15) is 4.79 Å². The van der Waals surface area contributed by atoms with Crippen molar-refractivity contribution in [2.24, 2.45) is 5.73 Å². The SMILES string of the molecule is Cc1ccc(C)c(OCCCCC(=O)NCC(N)c2ccccc2)c1. The molecule has 0 heterocycles. The highest BCUT2D eigenvalue weighted by Crippen LogP contribution is 2.19. The predicted octanol–water partition coefficient (Wildman–Crippen LogP) is 3.67. The van der Waals surface area contributed by atoms with Gasteiger partial charge in [-0.1, -0.05) is 42.5 Å². The molecule has 2 aromatic rings. The number of hydrogen-bond donors (Lipinski definition) is 2. The lowest BCUT2D eigenvalue weighted by molar-refractivity contribution is -0.121. The zero-order valence-corrected chi connectivity index (χ0v) is 15.1. The molecular weight excluding hydrogens is 312 g/mol. The van der Waals surface area contributed by atoms with Crippen LogP contribution in [0.4, 0.5) is 0 Å². The third-order valence-corrected chi connectivity index (χ3v) is 4.15. The van der Waals surface area contributed by atoms with Crippen LogP contribution in [-0.4, -0.2) is 19.1 Å². The normalized spacial score (nSPS) is 11.8. The number of carbonyl (C=O) groups is 1. The average molecular weight is 340 g/mol. The van der Waals surface area contributed by atoms with Gasteiger partial charge in [-0.15, -0.1) is 0 Å². The lowest BCUT2D eigenvalue weighted by Gasteiger charge is -2.13. The Bertz CT molecular complexity index is 671. The summed E-state index contributed by atoms with van der Waals surface area (Å²) in [6, 6.07) is 15.8. The largest absolute Gasteiger partial charge is 0.493 e. The first kappa shape index (κ1) is 19.0. The number of ether oxygens (including phenoxy) is 1. The second-order valence-corrected chi connectivity index (χ2v) is 6.40. The highest BCUT2D eigenvalue weighted by atomic mass is 16.5. The van der Waals surface area contributed by atoms with Gasteiger partial charge in [-0.05, 0) is 49.4 Å². The molecule has 2 rings (SSSR count). The molecule has 0 bridgehead atoms. The van der Waals surface area contributed by atoms with Gasteiger partial charge in [-0.3, -0.25) is 4.79 Å². The number of nitrogens with one attached hydrogen (secondary N) is 1. The number of rotatable bonds is 9. The summed E-state index contributed by atoms with van der Waals surface area (Å²) in [6.45, 7) is 5.18. The molecule has 0 aliphatic rings. The molecule has 134 valence electrons. The van der Waals surface area contributed by atoms with E-state index in [0.717, 1.165) is 29.7 Å². The summed E-state index contributed by atoms with van der Waals surface area (Å²) in [7, 11) is 0. The quantitative estimate of drug-likeness (QED) is 0.685. The van der Waals surface area contributed by atoms with Crippen molar-refractivity contribution in [3.05, 3.63) is 65.2 Å². The topological polar surface area (TPSA) is 64.3 Å². The fourth-order valence-corrected chi connectivity index (χ4v) is 2.56. The van der Waals surface area contributed by atoms with Crippen LogP contribution >= 0.6 is 0 Å². The van der Waals surface area contributed by atoms with Gasteiger partial charge in [-0.25, -0.2) is 0 Å². The van der Waals surface area contributed by atoms with Crippen molar-refractivity contribution >= 4 is 5.91 Å². The summed E-state index contributed by atoms with van der Waals surface area (Å²) in [6.07, 6.45) is 2.15. The van der Waals surface area contributed by atoms with Crippen molar-refractivity contribution < 1.29 is 9.53 Å². The Morgan fingerprint density at radius 1 is 1.12 bits per heavy atom. The first-order valence-electron chi connectivity index (χ1n) is 8.83. The molecular formula is C21H28N2O2. The molecule has 0 saturated carbocycles. The Labute approximate surface area is 150 Å². The molecule has 0 saturated heterocycles. The number of carbonyl (C=O) groups excluding carboxylic acids is 1. The molecule has 4 nitrogen and oxygen atoms in total. The van der Waals surface area contributed by atoms with Gasteiger partial charge >= 0.3 is 0 Å². The van der Waals surface area contributed by atoms with Crippen LogP contribution in [0.25, 0.3) is 0 Å². The van der Waals surface area contributed by atoms with Crippen molar-refractivity contribution in [3.63, 3.8) is 0 Å². The van der Waals surface area contributed by atoms with Gasteiger partial charge in [0.2, 0.25) is 5.91 Å². The van der Waals surface area contributed by atoms with Crippen LogP contribution in [0.1, 0.15) is 42.0 Å². The maximum Gasteiger partial charge on any atom is 0.220 e. The number of aryl methyl sites for hydroxylation is 2. The lowest BCUT2D eigenvalue weighted by atomic mass is 10.1. The van der Waals surface area contributed by atoms with Crippen LogP contribution in [0, 0.1) is 13.8 Å². The van der Waals surface area contributed by atoms with Crippen molar-refractivity contribution in [1.29, 1.82) is 0 Å². The molecule has 25 heavy (non-hydrogen) atoms. The highest BCUT2D eigenvalue weighted by Gasteiger charge is 2.07. The van der Waals surface area contributed by atoms with Crippen LogP contribution in [-0.2, 0) is 4.79 Å². The Hall–Kier alpha value is -2.33. The maximum absolute atomic E-state index is 11.9. The average Bonchev–Trinajstić information content (AvgIpc) is 2.63. The summed E-state index contributed by atoms with van der Waals surface area (Å²) >= 11 is 0. The Kier molecular flexibility index (Phi) is 7.48. The van der Waals surface area contributed by atoms with Crippen LogP contribution < -0.4 is 15.8 Å². The number of unbranched alkanes of at least 4 members (excludes halogenated alkanes) is 1. The van der Waals surface area contributed by atoms with Crippen LogP contribution in [0.2, 0.25) is 0 Å². The van der Waals surface area contributed by atoms with Crippen molar-refractivity contribution in [3.8, 4) is 5.75 Å². The van der Waals surface area contributed by atoms with E-state index in [1.165, 1.54) is 5.56 Å². The Balaban J connectivity index is 1.60. The third kappa shape index (κ3) is 6.59. The molecule has 0 aliphatic carbocycles. The van der Waals surface area contributed by atoms with Crippen LogP contribution in [0.15, 0.2) is 48.5 Å². The van der Waals surface area contributed by atoms with E-state index in [4.69, 9.17) is 10.5 Å². The minimum atomic E-state index is -0.169. The highest BCUT2D eigenvalue weighted by molar-refractivity contribution is 5.75. The van der Waals surface area contributed by atoms with Gasteiger partial charge in [0.25, 0.3) is 0 Å². The van der Waals surface area contributed by atoms with E-state index >= 15 is 0 Å². The summed E-state index contributed by atoms with van der Waals surface area (Å²) in [5.41, 5.74) is 9.43. The Morgan fingerprint density at radius 3 is 2.64 bits per heavy atom. The second-order valence-electron chi connectivity index (χ2n) is 6.40. The van der Waals surface area contributed by atoms with E-state index < -0.39 is 0 Å². The molecule has 3 N–H and O–H groups in total. The van der Waals surface area contributed by atoms with Crippen molar-refractivity contribution in [2.75, 3.05) is 13.2 Å². The lowest BCUT2D eigenvalue weighted by Crippen LogP contribution is -2.31. The molecule has 1 amide bonds. The summed E-state index contributed by atoms with van der Waals surface area (Å²) < 4.78 is 5.80. The Morgan fingerprint density at radius 2 is 1.88 bits per heavy atom. The zero-order valence-electron chi connectivity index (χ0n) is 15.1. The monoisotopic (exact) mass is 340 g/mol. The number of benzene rings is 2. The van der Waals surface area contributed by atoms with Gasteiger partial charge in [0, 0.05) is 19.0 Å². The molecule has 0 fully saturated rings. The van der Waals surface area contributed by atoms with Crippen molar-refractivity contribution in [2.45, 2.75) is 39.2 Å². The smallest absolute Gasteiger partial charge is 0.220 e. The van der Waals surface area contributed by atoms with E-state index in [0.29, 0.717) is 19.6 Å². The molecule has 0 spiro atoms. The second kappa shape index (κ2) is 9.84. The minimum absolute atomic E-state index is 0.0399. The van der Waals surface area contributed by atoms with Gasteiger partial charge in [0.1, 0.15) is 5.75 Å². The third-order valence-electron chi connectivity index (χ3n) is 4.15. The standard InChI is InChI=1S/C21H28N2O2/c1-16-11-12-17(2)20(14-16)25-13-7-6-10-21(24)23-15-19(22)18-8-4-3-5-9-18/h3-5,8-9,11-12,14,19H,6-7,10,13,15,22H2,1-2H3,(H,23,24). The minimum Gasteiger partial charge on any atom is -0.493 e. The maximum atomic E-state index is 11.9. The number of nitrogens with two attached hydrogens (primary N) is 1. The van der Waals surface area contributed by atoms with Gasteiger partial charge in [0.05, 0.1) is 6.61 Å². The summed E-state index contributed by atoms with van der Waals surface area (Å²) in [5, 5.41) is 2.90. The van der Waals surface area contributed by atoms with E-state index in [1.807, 2.05) is 43.3 Å². The first-order valence-corrected chi connectivity index (χ1v) is 8.83. The molecule has 0 aromatic heterocycles. The number of hydrogen-bond acceptors (Lipinski definition) is 3. The van der Waals surface area contributed by atoms with Crippen LogP contribution in [0.3, 0.4) is 0 Å². The molecule has 0 aliphatic heterocycles. The van der Waals surface area contributed by atoms with Gasteiger partial charge < -0.3 is 15.8 Å². The molecule has 2 aromatic carbocycles. The number of amides is 1. The zero-order chi connectivity index (χ0) is 18.1. The fourth-order valence-electron chi connectivity index (χ4n) is 2.56. The van der Waals surface area contributed by atoms with Crippen molar-refractivity contribution in [1.82, 2.24) is 5.32 Å².